The molecule has 0 fully saturated rings. The van der Waals surface area contributed by atoms with Crippen LogP contribution in [0.3, 0.4) is 0 Å². The number of carbonyl (C=O) groups is 2. The van der Waals surface area contributed by atoms with Crippen LogP contribution in [-0.4, -0.2) is 25.0 Å². The fourth-order valence-corrected chi connectivity index (χ4v) is 2.85. The van der Waals surface area contributed by atoms with E-state index in [0.29, 0.717) is 36.7 Å². The third-order valence-electron chi connectivity index (χ3n) is 4.53. The smallest absolute Gasteiger partial charge is 0.316 e. The summed E-state index contributed by atoms with van der Waals surface area (Å²) in [6.07, 6.45) is 5.70. The molecule has 0 aromatic heterocycles. The van der Waals surface area contributed by atoms with E-state index >= 15 is 0 Å². The molecule has 32 heavy (non-hydrogen) atoms. The van der Waals surface area contributed by atoms with Crippen LogP contribution < -0.4 is 14.2 Å². The SMILES string of the molecule is C=CCc1cc(/C=C/C(=O)c2ccc(OC(=O)C(C)(C)C)cc2)c(OCC)cc1OCC. The van der Waals surface area contributed by atoms with E-state index in [2.05, 4.69) is 6.58 Å². The first-order valence-corrected chi connectivity index (χ1v) is 10.8. The van der Waals surface area contributed by atoms with Crippen molar-refractivity contribution in [2.24, 2.45) is 5.41 Å². The number of rotatable bonds is 10. The van der Waals surface area contributed by atoms with Crippen LogP contribution >= 0.6 is 0 Å². The number of hydrogen-bond acceptors (Lipinski definition) is 5. The Kier molecular flexibility index (Phi) is 8.82. The van der Waals surface area contributed by atoms with E-state index in [4.69, 9.17) is 14.2 Å². The second-order valence-electron chi connectivity index (χ2n) is 8.22. The highest BCUT2D eigenvalue weighted by atomic mass is 16.5. The molecule has 0 radical (unpaired) electrons. The van der Waals surface area contributed by atoms with Gasteiger partial charge in [0.1, 0.15) is 17.2 Å². The van der Waals surface area contributed by atoms with Gasteiger partial charge in [-0.3, -0.25) is 9.59 Å². The van der Waals surface area contributed by atoms with Gasteiger partial charge in [0.25, 0.3) is 0 Å². The summed E-state index contributed by atoms with van der Waals surface area (Å²) in [7, 11) is 0. The van der Waals surface area contributed by atoms with E-state index in [9.17, 15) is 9.59 Å². The summed E-state index contributed by atoms with van der Waals surface area (Å²) in [6, 6.07) is 10.3. The van der Waals surface area contributed by atoms with E-state index in [1.54, 1.807) is 51.1 Å². The minimum Gasteiger partial charge on any atom is -0.493 e. The summed E-state index contributed by atoms with van der Waals surface area (Å²) in [5.74, 6) is 1.31. The minimum atomic E-state index is -0.600. The summed E-state index contributed by atoms with van der Waals surface area (Å²) < 4.78 is 16.8. The van der Waals surface area contributed by atoms with Crippen molar-refractivity contribution in [3.05, 3.63) is 71.8 Å². The van der Waals surface area contributed by atoms with E-state index in [1.165, 1.54) is 6.08 Å². The maximum Gasteiger partial charge on any atom is 0.316 e. The molecule has 0 saturated heterocycles. The molecule has 5 heteroatoms. The predicted molar refractivity (Wildman–Crippen MR) is 128 cm³/mol. The molecular weight excluding hydrogens is 404 g/mol. The quantitative estimate of drug-likeness (QED) is 0.149. The van der Waals surface area contributed by atoms with Gasteiger partial charge in [0.2, 0.25) is 0 Å². The maximum absolute atomic E-state index is 12.7. The zero-order chi connectivity index (χ0) is 23.7. The average molecular weight is 437 g/mol. The molecule has 170 valence electrons. The number of ketones is 1. The van der Waals surface area contributed by atoms with Gasteiger partial charge in [-0.2, -0.15) is 0 Å². The fraction of sp³-hybridized carbons (Fsp3) is 0.333. The maximum atomic E-state index is 12.7. The van der Waals surface area contributed by atoms with Crippen LogP contribution in [-0.2, 0) is 11.2 Å². The first-order chi connectivity index (χ1) is 15.2. The molecule has 0 N–H and O–H groups in total. The van der Waals surface area contributed by atoms with Gasteiger partial charge in [-0.05, 0) is 89.1 Å². The lowest BCUT2D eigenvalue weighted by Crippen LogP contribution is -2.25. The molecule has 0 atom stereocenters. The summed E-state index contributed by atoms with van der Waals surface area (Å²) >= 11 is 0. The Hall–Kier alpha value is -3.34. The molecule has 0 saturated carbocycles. The standard InChI is InChI=1S/C27H32O5/c1-7-10-20-17-21(25(31-9-3)18-24(20)30-8-2)13-16-23(28)19-11-14-22(15-12-19)32-26(29)27(4,5)6/h7,11-18H,1,8-10H2,2-6H3/b16-13+. The Balaban J connectivity index is 2.24. The first-order valence-electron chi connectivity index (χ1n) is 10.8. The molecule has 0 spiro atoms. The van der Waals surface area contributed by atoms with Gasteiger partial charge in [-0.25, -0.2) is 0 Å². The lowest BCUT2D eigenvalue weighted by Gasteiger charge is -2.16. The lowest BCUT2D eigenvalue weighted by molar-refractivity contribution is -0.143. The second-order valence-corrected chi connectivity index (χ2v) is 8.22. The van der Waals surface area contributed by atoms with Crippen molar-refractivity contribution in [3.63, 3.8) is 0 Å². The summed E-state index contributed by atoms with van der Waals surface area (Å²) in [5, 5.41) is 0. The minimum absolute atomic E-state index is 0.166. The molecule has 2 aromatic carbocycles. The fourth-order valence-electron chi connectivity index (χ4n) is 2.85. The number of hydrogen-bond donors (Lipinski definition) is 0. The van der Waals surface area contributed by atoms with Crippen LogP contribution in [0.5, 0.6) is 17.2 Å². The van der Waals surface area contributed by atoms with Gasteiger partial charge < -0.3 is 14.2 Å². The number of esters is 1. The normalized spacial score (nSPS) is 11.3. The highest BCUT2D eigenvalue weighted by molar-refractivity contribution is 6.07. The second kappa shape index (κ2) is 11.3. The van der Waals surface area contributed by atoms with Gasteiger partial charge in [0.05, 0.1) is 18.6 Å². The molecule has 0 heterocycles. The largest absolute Gasteiger partial charge is 0.493 e. The van der Waals surface area contributed by atoms with Crippen LogP contribution in [0.2, 0.25) is 0 Å². The lowest BCUT2D eigenvalue weighted by atomic mass is 9.97. The summed E-state index contributed by atoms with van der Waals surface area (Å²) in [4.78, 5) is 24.7. The molecule has 0 unspecified atom stereocenters. The first kappa shape index (κ1) is 24.9. The monoisotopic (exact) mass is 436 g/mol. The Morgan fingerprint density at radius 1 is 0.969 bits per heavy atom. The zero-order valence-electron chi connectivity index (χ0n) is 19.6. The molecule has 5 nitrogen and oxygen atoms in total. The molecule has 0 aliphatic heterocycles. The molecule has 2 rings (SSSR count). The highest BCUT2D eigenvalue weighted by Crippen LogP contribution is 2.31. The van der Waals surface area contributed by atoms with Crippen LogP contribution in [0.1, 0.15) is 56.1 Å². The molecule has 0 amide bonds. The number of carbonyl (C=O) groups excluding carboxylic acids is 2. The van der Waals surface area contributed by atoms with Crippen molar-refractivity contribution in [2.45, 2.75) is 41.0 Å². The van der Waals surface area contributed by atoms with Crippen molar-refractivity contribution >= 4 is 17.8 Å². The zero-order valence-corrected chi connectivity index (χ0v) is 19.6. The van der Waals surface area contributed by atoms with Crippen molar-refractivity contribution in [1.29, 1.82) is 0 Å². The van der Waals surface area contributed by atoms with E-state index in [-0.39, 0.29) is 11.8 Å². The van der Waals surface area contributed by atoms with Gasteiger partial charge in [-0.1, -0.05) is 6.08 Å². The Labute approximate surface area is 190 Å². The molecule has 0 aliphatic rings. The average Bonchev–Trinajstić information content (AvgIpc) is 2.74. The van der Waals surface area contributed by atoms with Crippen LogP contribution in [0.15, 0.2) is 55.1 Å². The van der Waals surface area contributed by atoms with Crippen LogP contribution in [0.4, 0.5) is 0 Å². The van der Waals surface area contributed by atoms with Crippen LogP contribution in [0, 0.1) is 5.41 Å². The number of benzene rings is 2. The molecule has 0 aliphatic carbocycles. The van der Waals surface area contributed by atoms with Crippen molar-refractivity contribution in [2.75, 3.05) is 13.2 Å². The Morgan fingerprint density at radius 3 is 2.16 bits per heavy atom. The van der Waals surface area contributed by atoms with Gasteiger partial charge >= 0.3 is 5.97 Å². The van der Waals surface area contributed by atoms with Gasteiger partial charge in [0.15, 0.2) is 5.78 Å². The summed E-state index contributed by atoms with van der Waals surface area (Å²) in [6.45, 7) is 14.1. The third-order valence-corrected chi connectivity index (χ3v) is 4.53. The van der Waals surface area contributed by atoms with E-state index in [1.807, 2.05) is 32.1 Å². The Bertz CT molecular complexity index is 978. The molecule has 0 bridgehead atoms. The van der Waals surface area contributed by atoms with Crippen molar-refractivity contribution < 1.29 is 23.8 Å². The third kappa shape index (κ3) is 6.84. The van der Waals surface area contributed by atoms with E-state index < -0.39 is 5.41 Å². The van der Waals surface area contributed by atoms with Crippen LogP contribution in [0.25, 0.3) is 6.08 Å². The topological polar surface area (TPSA) is 61.8 Å². The van der Waals surface area contributed by atoms with Crippen molar-refractivity contribution in [1.82, 2.24) is 0 Å². The van der Waals surface area contributed by atoms with E-state index in [0.717, 1.165) is 16.9 Å². The highest BCUT2D eigenvalue weighted by Gasteiger charge is 2.23. The summed E-state index contributed by atoms with van der Waals surface area (Å²) in [5.41, 5.74) is 1.66. The Morgan fingerprint density at radius 2 is 1.59 bits per heavy atom. The number of ether oxygens (including phenoxy) is 3. The molecule has 2 aromatic rings. The van der Waals surface area contributed by atoms with Gasteiger partial charge in [0, 0.05) is 17.2 Å². The predicted octanol–water partition coefficient (Wildman–Crippen LogP) is 6.06. The molecular formula is C27H32O5. The van der Waals surface area contributed by atoms with Crippen molar-refractivity contribution in [3.8, 4) is 17.2 Å². The number of allylic oxidation sites excluding steroid dienone is 2. The van der Waals surface area contributed by atoms with Gasteiger partial charge in [-0.15, -0.1) is 6.58 Å².